The topological polar surface area (TPSA) is 277 Å². The summed E-state index contributed by atoms with van der Waals surface area (Å²) in [5, 5.41) is 33.4. The van der Waals surface area contributed by atoms with Crippen LogP contribution in [-0.4, -0.2) is 88.2 Å². The number of hydrogen-bond acceptors (Lipinski definition) is 9. The Labute approximate surface area is 170 Å². The minimum Gasteiger partial charge on any atom is -0.480 e. The maximum Gasteiger partial charge on any atom is 0.326 e. The second-order valence-electron chi connectivity index (χ2n) is 6.17. The lowest BCUT2D eigenvalue weighted by Gasteiger charge is -2.23. The quantitative estimate of drug-likeness (QED) is 0.125. The maximum absolute atomic E-state index is 12.3. The number of rotatable bonds is 14. The largest absolute Gasteiger partial charge is 0.480 e. The molecule has 0 aromatic carbocycles. The lowest BCUT2D eigenvalue weighted by Crippen LogP contribution is -2.59. The Bertz CT molecular complexity index is 671. The van der Waals surface area contributed by atoms with E-state index >= 15 is 0 Å². The summed E-state index contributed by atoms with van der Waals surface area (Å²) in [4.78, 5) is 69.4. The normalized spacial score (nSPS) is 14.5. The van der Waals surface area contributed by atoms with Gasteiger partial charge in [-0.15, -0.1) is 0 Å². The zero-order valence-electron chi connectivity index (χ0n) is 15.9. The minimum atomic E-state index is -1.66. The maximum atomic E-state index is 12.3. The van der Waals surface area contributed by atoms with Crippen LogP contribution < -0.4 is 33.2 Å². The first-order valence-electron chi connectivity index (χ1n) is 8.60. The number of hydrogen-bond donors (Lipinski definition) is 9. The van der Waals surface area contributed by atoms with Gasteiger partial charge in [0.15, 0.2) is 0 Å². The third-order valence-corrected chi connectivity index (χ3v) is 3.68. The summed E-state index contributed by atoms with van der Waals surface area (Å²) in [6.07, 6.45) is -1.36. The fourth-order valence-corrected chi connectivity index (χ4v) is 2.05. The Morgan fingerprint density at radius 1 is 0.733 bits per heavy atom. The van der Waals surface area contributed by atoms with Crippen LogP contribution >= 0.6 is 0 Å². The van der Waals surface area contributed by atoms with Crippen LogP contribution in [0.1, 0.15) is 19.3 Å². The molecule has 0 aliphatic rings. The van der Waals surface area contributed by atoms with Crippen molar-refractivity contribution in [3.05, 3.63) is 0 Å². The van der Waals surface area contributed by atoms with E-state index in [1.807, 2.05) is 10.6 Å². The highest BCUT2D eigenvalue weighted by atomic mass is 16.4. The Kier molecular flexibility index (Phi) is 11.6. The van der Waals surface area contributed by atoms with Crippen LogP contribution in [0.4, 0.5) is 0 Å². The molecule has 15 heteroatoms. The molecule has 30 heavy (non-hydrogen) atoms. The summed E-state index contributed by atoms with van der Waals surface area (Å²) in [7, 11) is 0. The van der Waals surface area contributed by atoms with Crippen LogP contribution in [0.2, 0.25) is 0 Å². The van der Waals surface area contributed by atoms with Crippen molar-refractivity contribution in [2.24, 2.45) is 17.2 Å². The summed E-state index contributed by atoms with van der Waals surface area (Å²) in [5.41, 5.74) is 15.2. The monoisotopic (exact) mass is 434 g/mol. The van der Waals surface area contributed by atoms with Gasteiger partial charge in [0, 0.05) is 6.42 Å². The molecule has 4 atom stereocenters. The van der Waals surface area contributed by atoms with Crippen molar-refractivity contribution in [2.75, 3.05) is 13.2 Å². The number of amides is 5. The zero-order chi connectivity index (χ0) is 23.4. The number of aliphatic carboxylic acids is 1. The van der Waals surface area contributed by atoms with E-state index in [4.69, 9.17) is 27.4 Å². The van der Waals surface area contributed by atoms with Crippen LogP contribution in [0, 0.1) is 0 Å². The summed E-state index contributed by atoms with van der Waals surface area (Å²) in [6, 6.07) is -6.17. The van der Waals surface area contributed by atoms with Crippen LogP contribution in [0.5, 0.6) is 0 Å². The van der Waals surface area contributed by atoms with Crippen molar-refractivity contribution >= 4 is 35.5 Å². The van der Waals surface area contributed by atoms with Crippen molar-refractivity contribution in [2.45, 2.75) is 43.4 Å². The van der Waals surface area contributed by atoms with E-state index in [0.29, 0.717) is 0 Å². The smallest absolute Gasteiger partial charge is 0.326 e. The molecule has 0 fully saturated rings. The minimum absolute atomic E-state index is 0.331. The number of carboxylic acids is 1. The van der Waals surface area contributed by atoms with E-state index in [-0.39, 0.29) is 12.8 Å². The lowest BCUT2D eigenvalue weighted by molar-refractivity contribution is -0.143. The van der Waals surface area contributed by atoms with Gasteiger partial charge in [0.1, 0.15) is 24.2 Å². The van der Waals surface area contributed by atoms with Crippen LogP contribution in [0.25, 0.3) is 0 Å². The van der Waals surface area contributed by atoms with Crippen LogP contribution in [-0.2, 0) is 28.8 Å². The summed E-state index contributed by atoms with van der Waals surface area (Å²) in [6.45, 7) is -1.71. The van der Waals surface area contributed by atoms with Crippen molar-refractivity contribution < 1.29 is 44.1 Å². The van der Waals surface area contributed by atoms with Gasteiger partial charge in [-0.2, -0.15) is 0 Å². The molecule has 0 bridgehead atoms. The molecule has 12 N–H and O–H groups in total. The van der Waals surface area contributed by atoms with E-state index in [1.165, 1.54) is 0 Å². The molecule has 0 radical (unpaired) electrons. The molecule has 0 rings (SSSR count). The molecule has 0 saturated heterocycles. The first-order chi connectivity index (χ1) is 13.9. The van der Waals surface area contributed by atoms with E-state index in [0.717, 1.165) is 0 Å². The third-order valence-electron chi connectivity index (χ3n) is 3.68. The fraction of sp³-hybridized carbons (Fsp3) is 0.600. The highest BCUT2D eigenvalue weighted by molar-refractivity contribution is 5.96. The van der Waals surface area contributed by atoms with Crippen LogP contribution in [0.15, 0.2) is 0 Å². The van der Waals surface area contributed by atoms with Gasteiger partial charge in [0.2, 0.25) is 29.5 Å². The number of primary amides is 2. The summed E-state index contributed by atoms with van der Waals surface area (Å²) in [5.74, 6) is -6.47. The lowest BCUT2D eigenvalue weighted by atomic mass is 10.1. The Morgan fingerprint density at radius 2 is 1.23 bits per heavy atom. The van der Waals surface area contributed by atoms with E-state index in [1.54, 1.807) is 0 Å². The molecule has 0 spiro atoms. The van der Waals surface area contributed by atoms with Gasteiger partial charge < -0.3 is 48.5 Å². The number of nitrogens with one attached hydrogen (secondary N) is 3. The predicted molar refractivity (Wildman–Crippen MR) is 97.8 cm³/mol. The first kappa shape index (κ1) is 26.7. The molecule has 0 aliphatic heterocycles. The molecule has 0 saturated carbocycles. The number of carboxylic acid groups (broad SMARTS) is 1. The molecular formula is C15H26N6O9. The Hall–Kier alpha value is -3.30. The molecule has 170 valence electrons. The number of carbonyl (C=O) groups is 6. The molecule has 0 aromatic heterocycles. The Balaban J connectivity index is 5.20. The average molecular weight is 434 g/mol. The first-order valence-corrected chi connectivity index (χ1v) is 8.60. The predicted octanol–water partition coefficient (Wildman–Crippen LogP) is -6.02. The number of carbonyl (C=O) groups excluding carboxylic acids is 5. The second-order valence-corrected chi connectivity index (χ2v) is 6.17. The van der Waals surface area contributed by atoms with E-state index in [2.05, 4.69) is 5.32 Å². The highest BCUT2D eigenvalue weighted by Gasteiger charge is 2.30. The van der Waals surface area contributed by atoms with Crippen molar-refractivity contribution in [3.8, 4) is 0 Å². The molecule has 15 nitrogen and oxygen atoms in total. The van der Waals surface area contributed by atoms with E-state index < -0.39 is 79.3 Å². The van der Waals surface area contributed by atoms with Gasteiger partial charge in [-0.25, -0.2) is 4.79 Å². The molecule has 0 aliphatic carbocycles. The van der Waals surface area contributed by atoms with Crippen molar-refractivity contribution in [3.63, 3.8) is 0 Å². The van der Waals surface area contributed by atoms with Crippen LogP contribution in [0.3, 0.4) is 0 Å². The molecule has 0 heterocycles. The van der Waals surface area contributed by atoms with Gasteiger partial charge >= 0.3 is 5.97 Å². The molecule has 5 amide bonds. The zero-order valence-corrected chi connectivity index (χ0v) is 15.9. The SMILES string of the molecule is NC(=O)CCC(NC(=O)C(CO)NC(=O)C(CC(N)=O)NC(=O)C(N)CO)C(=O)O. The third kappa shape index (κ3) is 9.76. The number of aliphatic hydroxyl groups is 2. The van der Waals surface area contributed by atoms with Crippen molar-refractivity contribution in [1.29, 1.82) is 0 Å². The Morgan fingerprint density at radius 3 is 1.67 bits per heavy atom. The van der Waals surface area contributed by atoms with E-state index in [9.17, 15) is 33.9 Å². The molecular weight excluding hydrogens is 408 g/mol. The number of nitrogens with two attached hydrogens (primary N) is 3. The average Bonchev–Trinajstić information content (AvgIpc) is 2.66. The fourth-order valence-electron chi connectivity index (χ4n) is 2.05. The van der Waals surface area contributed by atoms with Gasteiger partial charge in [-0.3, -0.25) is 24.0 Å². The van der Waals surface area contributed by atoms with Gasteiger partial charge in [0.05, 0.1) is 19.6 Å². The van der Waals surface area contributed by atoms with Gasteiger partial charge in [-0.1, -0.05) is 0 Å². The molecule has 0 aromatic rings. The number of aliphatic hydroxyl groups excluding tert-OH is 2. The second kappa shape index (κ2) is 13.0. The van der Waals surface area contributed by atoms with Gasteiger partial charge in [0.25, 0.3) is 0 Å². The molecule has 4 unspecified atom stereocenters. The summed E-state index contributed by atoms with van der Waals surface area (Å²) < 4.78 is 0. The van der Waals surface area contributed by atoms with Gasteiger partial charge in [-0.05, 0) is 6.42 Å². The highest BCUT2D eigenvalue weighted by Crippen LogP contribution is 2.00. The summed E-state index contributed by atoms with van der Waals surface area (Å²) >= 11 is 0. The van der Waals surface area contributed by atoms with Crippen molar-refractivity contribution in [1.82, 2.24) is 16.0 Å². The standard InChI is InChI=1S/C15H26N6O9/c16-6(4-22)12(26)20-8(3-11(18)25)13(27)21-9(5-23)14(28)19-7(15(29)30)1-2-10(17)24/h6-9,22-23H,1-5,16H2,(H2,17,24)(H2,18,25)(H,19,28)(H,20,26)(H,21,27)(H,29,30).